The Kier molecular flexibility index (Phi) is 6.34. The number of hydrogen-bond donors (Lipinski definition) is 0. The van der Waals surface area contributed by atoms with Crippen LogP contribution in [0.3, 0.4) is 0 Å². The zero-order valence-electron chi connectivity index (χ0n) is 17.3. The summed E-state index contributed by atoms with van der Waals surface area (Å²) in [6.45, 7) is 3.52. The van der Waals surface area contributed by atoms with Crippen molar-refractivity contribution in [2.45, 2.75) is 45.3 Å². The fraction of sp³-hybridized carbons (Fsp3) is 0.455. The number of rotatable bonds is 6. The molecule has 1 aliphatic carbocycles. The topological polar surface area (TPSA) is 103 Å². The average molecular weight is 411 g/mol. The van der Waals surface area contributed by atoms with Gasteiger partial charge in [-0.1, -0.05) is 25.1 Å². The Morgan fingerprint density at radius 1 is 1.30 bits per heavy atom. The molecule has 1 aromatic heterocycles. The van der Waals surface area contributed by atoms with Crippen molar-refractivity contribution in [3.8, 4) is 6.07 Å². The van der Waals surface area contributed by atoms with Crippen LogP contribution in [-0.4, -0.2) is 35.0 Å². The van der Waals surface area contributed by atoms with Crippen molar-refractivity contribution in [3.05, 3.63) is 68.5 Å². The minimum atomic E-state index is -0.777. The summed E-state index contributed by atoms with van der Waals surface area (Å²) in [4.78, 5) is 38.8. The van der Waals surface area contributed by atoms with Gasteiger partial charge in [0.1, 0.15) is 6.79 Å². The predicted molar refractivity (Wildman–Crippen MR) is 109 cm³/mol. The van der Waals surface area contributed by atoms with Crippen molar-refractivity contribution in [1.82, 2.24) is 9.13 Å². The van der Waals surface area contributed by atoms with E-state index in [0.717, 1.165) is 0 Å². The van der Waals surface area contributed by atoms with Gasteiger partial charge in [0.2, 0.25) is 0 Å². The molecule has 0 saturated heterocycles. The van der Waals surface area contributed by atoms with Gasteiger partial charge in [-0.25, -0.2) is 4.79 Å². The summed E-state index contributed by atoms with van der Waals surface area (Å²) < 4.78 is 12.8. The number of carbonyl (C=O) groups excluding carboxylic acids is 1. The highest BCUT2D eigenvalue weighted by Gasteiger charge is 2.48. The number of methoxy groups -OCH3 is 1. The third-order valence-electron chi connectivity index (χ3n) is 5.85. The number of aromatic nitrogens is 2. The van der Waals surface area contributed by atoms with E-state index in [9.17, 15) is 19.6 Å². The fourth-order valence-corrected chi connectivity index (χ4v) is 4.11. The van der Waals surface area contributed by atoms with Crippen LogP contribution >= 0.6 is 0 Å². The molecule has 0 amide bonds. The van der Waals surface area contributed by atoms with Crippen molar-refractivity contribution in [2.24, 2.45) is 5.41 Å². The molecule has 2 aromatic rings. The Hall–Kier alpha value is -3.02. The molecule has 0 aliphatic heterocycles. The van der Waals surface area contributed by atoms with E-state index in [-0.39, 0.29) is 24.0 Å². The second-order valence-electron chi connectivity index (χ2n) is 7.59. The number of nitrogens with zero attached hydrogens (tertiary/aromatic N) is 3. The first-order chi connectivity index (χ1) is 14.4. The maximum atomic E-state index is 13.2. The molecule has 0 N–H and O–H groups in total. The smallest absolute Gasteiger partial charge is 0.338 e. The minimum Gasteiger partial charge on any atom is -0.359 e. The van der Waals surface area contributed by atoms with Crippen LogP contribution in [0, 0.1) is 23.7 Å². The zero-order valence-corrected chi connectivity index (χ0v) is 17.3. The molecule has 1 heterocycles. The van der Waals surface area contributed by atoms with E-state index in [2.05, 4.69) is 6.07 Å². The molecule has 0 bridgehead atoms. The third-order valence-corrected chi connectivity index (χ3v) is 5.85. The Morgan fingerprint density at radius 2 is 2.00 bits per heavy atom. The maximum Gasteiger partial charge on any atom is 0.338 e. The number of nitriles is 1. The summed E-state index contributed by atoms with van der Waals surface area (Å²) >= 11 is 0. The van der Waals surface area contributed by atoms with Crippen molar-refractivity contribution in [2.75, 3.05) is 13.9 Å². The Labute approximate surface area is 174 Å². The van der Waals surface area contributed by atoms with E-state index < -0.39 is 28.7 Å². The molecule has 30 heavy (non-hydrogen) atoms. The molecule has 0 radical (unpaired) electrons. The maximum absolute atomic E-state index is 13.2. The number of hydrogen-bond acceptors (Lipinski definition) is 6. The lowest BCUT2D eigenvalue weighted by molar-refractivity contribution is -0.0968. The summed E-state index contributed by atoms with van der Waals surface area (Å²) in [5.74, 6) is -0.671. The molecule has 8 nitrogen and oxygen atoms in total. The molecule has 3 rings (SSSR count). The van der Waals surface area contributed by atoms with E-state index in [1.165, 1.54) is 17.9 Å². The molecule has 1 aliphatic rings. The normalized spacial score (nSPS) is 23.3. The lowest BCUT2D eigenvalue weighted by Gasteiger charge is -2.26. The van der Waals surface area contributed by atoms with Gasteiger partial charge in [0, 0.05) is 30.5 Å². The molecule has 0 unspecified atom stereocenters. The molecule has 1 aromatic carbocycles. The van der Waals surface area contributed by atoms with Crippen molar-refractivity contribution >= 4 is 5.91 Å². The van der Waals surface area contributed by atoms with Gasteiger partial charge in [-0.3, -0.25) is 14.2 Å². The molecule has 8 heteroatoms. The van der Waals surface area contributed by atoms with Crippen LogP contribution in [-0.2, 0) is 9.47 Å². The molecule has 158 valence electrons. The summed E-state index contributed by atoms with van der Waals surface area (Å²) in [5.41, 5.74) is -1.60. The standard InChI is InChI=1S/C22H25N3O5/c1-4-22(13-23)11-17(10-18(22)30-14-29-3)24-12-15(2)19(26)25(21(24)28)20(27)16-8-6-5-7-9-16/h5-9,12,17-18H,4,10-11,14H2,1-3H3/t17-,18-,22-/m0/s1. The van der Waals surface area contributed by atoms with Crippen molar-refractivity contribution in [1.29, 1.82) is 5.26 Å². The predicted octanol–water partition coefficient (Wildman–Crippen LogP) is 2.25. The minimum absolute atomic E-state index is 0.0424. The highest BCUT2D eigenvalue weighted by molar-refractivity contribution is 5.95. The molecular formula is C22H25N3O5. The first-order valence-electron chi connectivity index (χ1n) is 9.85. The molecule has 3 atom stereocenters. The van der Waals surface area contributed by atoms with Crippen molar-refractivity contribution in [3.63, 3.8) is 0 Å². The van der Waals surface area contributed by atoms with Crippen molar-refractivity contribution < 1.29 is 14.3 Å². The van der Waals surface area contributed by atoms with Crippen LogP contribution in [0.4, 0.5) is 0 Å². The SMILES string of the molecule is CC[C@@]1(C#N)C[C@@H](n2cc(C)c(=O)n(C(=O)c3ccccc3)c2=O)C[C@@H]1OCOC. The van der Waals surface area contributed by atoms with Gasteiger partial charge in [-0.05, 0) is 38.3 Å². The van der Waals surface area contributed by atoms with Gasteiger partial charge in [0.15, 0.2) is 0 Å². The largest absolute Gasteiger partial charge is 0.359 e. The second kappa shape index (κ2) is 8.78. The highest BCUT2D eigenvalue weighted by Crippen LogP contribution is 2.47. The van der Waals surface area contributed by atoms with Gasteiger partial charge in [-0.2, -0.15) is 9.83 Å². The molecule has 1 saturated carbocycles. The lowest BCUT2D eigenvalue weighted by atomic mass is 9.83. The number of aryl methyl sites for hydroxylation is 1. The quantitative estimate of drug-likeness (QED) is 0.676. The molecular weight excluding hydrogens is 386 g/mol. The average Bonchev–Trinajstić information content (AvgIpc) is 3.14. The van der Waals surface area contributed by atoms with Crippen LogP contribution in [0.15, 0.2) is 46.1 Å². The van der Waals surface area contributed by atoms with Gasteiger partial charge < -0.3 is 9.47 Å². The first kappa shape index (κ1) is 21.7. The Balaban J connectivity index is 2.07. The van der Waals surface area contributed by atoms with E-state index in [0.29, 0.717) is 23.8 Å². The summed E-state index contributed by atoms with van der Waals surface area (Å²) in [6.07, 6.45) is 2.38. The first-order valence-corrected chi connectivity index (χ1v) is 9.85. The summed E-state index contributed by atoms with van der Waals surface area (Å²) in [7, 11) is 1.51. The monoisotopic (exact) mass is 411 g/mol. The van der Waals surface area contributed by atoms with Gasteiger partial charge in [-0.15, -0.1) is 0 Å². The molecule has 1 fully saturated rings. The zero-order chi connectivity index (χ0) is 21.9. The van der Waals surface area contributed by atoms with Gasteiger partial charge in [0.25, 0.3) is 11.5 Å². The summed E-state index contributed by atoms with van der Waals surface area (Å²) in [6, 6.07) is 10.2. The van der Waals surface area contributed by atoms with Gasteiger partial charge in [0.05, 0.1) is 17.6 Å². The van der Waals surface area contributed by atoms with E-state index in [1.54, 1.807) is 37.3 Å². The molecule has 0 spiro atoms. The number of ether oxygens (including phenoxy) is 2. The number of carbonyl (C=O) groups is 1. The Bertz CT molecular complexity index is 1080. The second-order valence-corrected chi connectivity index (χ2v) is 7.59. The highest BCUT2D eigenvalue weighted by atomic mass is 16.7. The Morgan fingerprint density at radius 3 is 2.60 bits per heavy atom. The fourth-order valence-electron chi connectivity index (χ4n) is 4.11. The van der Waals surface area contributed by atoms with Crippen LogP contribution in [0.2, 0.25) is 0 Å². The number of benzene rings is 1. The van der Waals surface area contributed by atoms with E-state index in [1.807, 2.05) is 6.92 Å². The van der Waals surface area contributed by atoms with Crippen LogP contribution in [0.25, 0.3) is 0 Å². The van der Waals surface area contributed by atoms with Crippen LogP contribution in [0.1, 0.15) is 48.1 Å². The van der Waals surface area contributed by atoms with E-state index >= 15 is 0 Å². The van der Waals surface area contributed by atoms with Crippen LogP contribution in [0.5, 0.6) is 0 Å². The summed E-state index contributed by atoms with van der Waals surface area (Å²) in [5, 5.41) is 9.84. The third kappa shape index (κ3) is 3.74. The van der Waals surface area contributed by atoms with Gasteiger partial charge >= 0.3 is 5.69 Å². The van der Waals surface area contributed by atoms with E-state index in [4.69, 9.17) is 9.47 Å². The lowest BCUT2D eigenvalue weighted by Crippen LogP contribution is -2.45. The van der Waals surface area contributed by atoms with Crippen LogP contribution < -0.4 is 11.2 Å².